The first-order valence-corrected chi connectivity index (χ1v) is 8.86. The maximum absolute atomic E-state index is 5.21. The molecule has 0 amide bonds. The van der Waals surface area contributed by atoms with Crippen molar-refractivity contribution < 1.29 is 9.78 Å². The maximum Gasteiger partial charge on any atom is 0.140 e. The van der Waals surface area contributed by atoms with Crippen LogP contribution in [0.1, 0.15) is 31.6 Å². The number of hydrogen-bond donors (Lipinski definition) is 0. The Morgan fingerprint density at radius 2 is 2.05 bits per heavy atom. The fraction of sp³-hybridized carbons (Fsp3) is 0.625. The van der Waals surface area contributed by atoms with Gasteiger partial charge < -0.3 is 4.90 Å². The summed E-state index contributed by atoms with van der Waals surface area (Å²) in [5.74, 6) is 1.67. The molecule has 22 heavy (non-hydrogen) atoms. The molecule has 0 unspecified atom stereocenters. The predicted molar refractivity (Wildman–Crippen MR) is 89.3 cm³/mol. The fourth-order valence-corrected chi connectivity index (χ4v) is 3.79. The maximum atomic E-state index is 5.21. The minimum Gasteiger partial charge on any atom is -0.356 e. The molecule has 0 saturated carbocycles. The molecule has 5 nitrogen and oxygen atoms in total. The van der Waals surface area contributed by atoms with Crippen LogP contribution in [0.25, 0.3) is 10.2 Å². The molecule has 2 aromatic rings. The monoisotopic (exact) mass is 321 g/mol. The highest BCUT2D eigenvalue weighted by Crippen LogP contribution is 2.32. The van der Waals surface area contributed by atoms with Crippen LogP contribution in [0, 0.1) is 5.92 Å². The number of rotatable bonds is 6. The number of anilines is 1. The first-order valence-electron chi connectivity index (χ1n) is 8.04. The molecule has 1 saturated heterocycles. The first kappa shape index (κ1) is 15.6. The zero-order valence-electron chi connectivity index (χ0n) is 13.2. The minimum atomic E-state index is 0.578. The highest BCUT2D eigenvalue weighted by Gasteiger charge is 2.22. The normalized spacial score (nSPS) is 16.5. The van der Waals surface area contributed by atoms with Crippen LogP contribution < -0.4 is 4.90 Å². The lowest BCUT2D eigenvalue weighted by molar-refractivity contribution is -0.298. The molecule has 0 aliphatic carbocycles. The van der Waals surface area contributed by atoms with Gasteiger partial charge in [0, 0.05) is 18.0 Å². The van der Waals surface area contributed by atoms with Crippen molar-refractivity contribution in [3.63, 3.8) is 0 Å². The molecule has 2 aromatic heterocycles. The number of aromatic nitrogens is 2. The minimum absolute atomic E-state index is 0.578. The number of piperidine rings is 1. The molecule has 1 aliphatic heterocycles. The van der Waals surface area contributed by atoms with Crippen LogP contribution in [0.4, 0.5) is 5.82 Å². The van der Waals surface area contributed by atoms with E-state index in [1.165, 1.54) is 10.3 Å². The van der Waals surface area contributed by atoms with E-state index in [9.17, 15) is 0 Å². The number of aryl methyl sites for hydroxylation is 1. The summed E-state index contributed by atoms with van der Waals surface area (Å²) >= 11 is 1.78. The third-order valence-electron chi connectivity index (χ3n) is 4.13. The number of thiophene rings is 1. The van der Waals surface area contributed by atoms with Crippen molar-refractivity contribution >= 4 is 27.4 Å². The zero-order valence-corrected chi connectivity index (χ0v) is 14.1. The molecule has 0 N–H and O–H groups in total. The van der Waals surface area contributed by atoms with Gasteiger partial charge in [0.25, 0.3) is 0 Å². The van der Waals surface area contributed by atoms with Crippen LogP contribution in [0.2, 0.25) is 0 Å². The number of nitrogens with zero attached hydrogens (tertiary/aromatic N) is 3. The lowest BCUT2D eigenvalue weighted by Gasteiger charge is -2.32. The Balaban J connectivity index is 1.67. The molecule has 3 rings (SSSR count). The highest BCUT2D eigenvalue weighted by atomic mass is 32.1. The molecule has 120 valence electrons. The van der Waals surface area contributed by atoms with Gasteiger partial charge in [0.1, 0.15) is 17.0 Å². The predicted octanol–water partition coefficient (Wildman–Crippen LogP) is 3.44. The van der Waals surface area contributed by atoms with Crippen molar-refractivity contribution in [1.82, 2.24) is 9.97 Å². The molecular weight excluding hydrogens is 298 g/mol. The van der Waals surface area contributed by atoms with Crippen LogP contribution in [-0.4, -0.2) is 36.3 Å². The van der Waals surface area contributed by atoms with Gasteiger partial charge in [-0.3, -0.25) is 0 Å². The van der Waals surface area contributed by atoms with E-state index in [2.05, 4.69) is 27.9 Å². The molecule has 6 heteroatoms. The largest absolute Gasteiger partial charge is 0.356 e. The SMILES string of the molecule is CCOOCC1CCN(c2ncnc3sc(CC)cc23)CC1. The summed E-state index contributed by atoms with van der Waals surface area (Å²) in [6.45, 7) is 7.46. The van der Waals surface area contributed by atoms with E-state index in [0.29, 0.717) is 19.1 Å². The van der Waals surface area contributed by atoms with Crippen molar-refractivity contribution in [2.75, 3.05) is 31.2 Å². The summed E-state index contributed by atoms with van der Waals surface area (Å²) in [6.07, 6.45) is 4.97. The van der Waals surface area contributed by atoms with Crippen LogP contribution in [0.5, 0.6) is 0 Å². The highest BCUT2D eigenvalue weighted by molar-refractivity contribution is 7.18. The van der Waals surface area contributed by atoms with Crippen LogP contribution >= 0.6 is 11.3 Å². The second kappa shape index (κ2) is 7.35. The Morgan fingerprint density at radius 3 is 2.77 bits per heavy atom. The lowest BCUT2D eigenvalue weighted by Crippen LogP contribution is -2.35. The topological polar surface area (TPSA) is 47.5 Å². The summed E-state index contributed by atoms with van der Waals surface area (Å²) in [4.78, 5) is 24.0. The zero-order chi connectivity index (χ0) is 15.4. The third kappa shape index (κ3) is 3.39. The fourth-order valence-electron chi connectivity index (χ4n) is 2.86. The second-order valence-corrected chi connectivity index (χ2v) is 6.72. The van der Waals surface area contributed by atoms with E-state index in [1.54, 1.807) is 17.7 Å². The third-order valence-corrected chi connectivity index (χ3v) is 5.31. The molecule has 0 aromatic carbocycles. The van der Waals surface area contributed by atoms with Gasteiger partial charge in [-0.1, -0.05) is 6.92 Å². The smallest absolute Gasteiger partial charge is 0.140 e. The number of fused-ring (bicyclic) bond motifs is 1. The first-order chi connectivity index (χ1) is 10.8. The standard InChI is InChI=1S/C16H23N3O2S/c1-3-13-9-14-15(17-11-18-16(14)22-13)19-7-5-12(6-8-19)10-21-20-4-2/h9,11-12H,3-8,10H2,1-2H3. The van der Waals surface area contributed by atoms with E-state index in [-0.39, 0.29) is 0 Å². The summed E-state index contributed by atoms with van der Waals surface area (Å²) in [5, 5.41) is 1.20. The quantitative estimate of drug-likeness (QED) is 0.463. The van der Waals surface area contributed by atoms with E-state index in [0.717, 1.165) is 43.0 Å². The molecule has 0 atom stereocenters. The van der Waals surface area contributed by atoms with Gasteiger partial charge in [-0.05, 0) is 38.2 Å². The second-order valence-electron chi connectivity index (χ2n) is 5.60. The van der Waals surface area contributed by atoms with Crippen molar-refractivity contribution in [1.29, 1.82) is 0 Å². The van der Waals surface area contributed by atoms with E-state index >= 15 is 0 Å². The van der Waals surface area contributed by atoms with E-state index in [4.69, 9.17) is 9.78 Å². The van der Waals surface area contributed by atoms with Crippen molar-refractivity contribution in [3.8, 4) is 0 Å². The van der Waals surface area contributed by atoms with E-state index in [1.807, 2.05) is 6.92 Å². The Kier molecular flexibility index (Phi) is 5.23. The van der Waals surface area contributed by atoms with Gasteiger partial charge in [-0.2, -0.15) is 0 Å². The summed E-state index contributed by atoms with van der Waals surface area (Å²) in [7, 11) is 0. The van der Waals surface area contributed by atoms with E-state index < -0.39 is 0 Å². The summed E-state index contributed by atoms with van der Waals surface area (Å²) in [6, 6.07) is 2.25. The van der Waals surface area contributed by atoms with Gasteiger partial charge in [-0.15, -0.1) is 11.3 Å². The van der Waals surface area contributed by atoms with Crippen molar-refractivity contribution in [3.05, 3.63) is 17.3 Å². The summed E-state index contributed by atoms with van der Waals surface area (Å²) < 4.78 is 0. The molecule has 0 bridgehead atoms. The molecule has 1 fully saturated rings. The Morgan fingerprint density at radius 1 is 1.23 bits per heavy atom. The van der Waals surface area contributed by atoms with Crippen molar-refractivity contribution in [2.45, 2.75) is 33.1 Å². The molecule has 1 aliphatic rings. The van der Waals surface area contributed by atoms with Gasteiger partial charge >= 0.3 is 0 Å². The van der Waals surface area contributed by atoms with Gasteiger partial charge in [0.05, 0.1) is 18.6 Å². The van der Waals surface area contributed by atoms with Crippen LogP contribution in [-0.2, 0) is 16.2 Å². The van der Waals surface area contributed by atoms with Crippen LogP contribution in [0.3, 0.4) is 0 Å². The average Bonchev–Trinajstić information content (AvgIpc) is 2.99. The molecule has 0 spiro atoms. The van der Waals surface area contributed by atoms with Gasteiger partial charge in [-0.25, -0.2) is 19.7 Å². The Hall–Kier alpha value is -1.24. The van der Waals surface area contributed by atoms with Gasteiger partial charge in [0.2, 0.25) is 0 Å². The summed E-state index contributed by atoms with van der Waals surface area (Å²) in [5.41, 5.74) is 0. The Bertz CT molecular complexity index is 608. The van der Waals surface area contributed by atoms with Crippen LogP contribution in [0.15, 0.2) is 12.4 Å². The number of hydrogen-bond acceptors (Lipinski definition) is 6. The molecule has 3 heterocycles. The molecule has 0 radical (unpaired) electrons. The van der Waals surface area contributed by atoms with Gasteiger partial charge in [0.15, 0.2) is 0 Å². The van der Waals surface area contributed by atoms with Crippen molar-refractivity contribution in [2.24, 2.45) is 5.92 Å². The average molecular weight is 321 g/mol. The Labute approximate surface area is 135 Å². The lowest BCUT2D eigenvalue weighted by atomic mass is 9.98. The molecular formula is C16H23N3O2S.